The van der Waals surface area contributed by atoms with Crippen LogP contribution in [0.4, 0.5) is 0 Å². The normalized spacial score (nSPS) is 16.0. The third-order valence-corrected chi connectivity index (χ3v) is 9.41. The summed E-state index contributed by atoms with van der Waals surface area (Å²) < 4.78 is 0. The molecule has 0 aliphatic carbocycles. The highest BCUT2D eigenvalue weighted by Gasteiger charge is 2.38. The number of benzene rings is 2. The Morgan fingerprint density at radius 2 is 1.37 bits per heavy atom. The van der Waals surface area contributed by atoms with Gasteiger partial charge in [-0.05, 0) is 29.5 Å². The second-order valence-corrected chi connectivity index (χ2v) is 10.6. The molecule has 0 radical (unpaired) electrons. The van der Waals surface area contributed by atoms with E-state index < -0.39 is 8.07 Å². The zero-order chi connectivity index (χ0) is 13.5. The molecule has 0 atom stereocenters. The second kappa shape index (κ2) is 4.64. The zero-order valence-corrected chi connectivity index (χ0v) is 13.1. The lowest BCUT2D eigenvalue weighted by Gasteiger charge is -2.37. The van der Waals surface area contributed by atoms with Crippen LogP contribution in [0.25, 0.3) is 0 Å². The van der Waals surface area contributed by atoms with E-state index in [4.69, 9.17) is 0 Å². The molecule has 19 heavy (non-hydrogen) atoms. The van der Waals surface area contributed by atoms with Crippen molar-refractivity contribution in [3.8, 4) is 0 Å². The zero-order valence-electron chi connectivity index (χ0n) is 12.1. The van der Waals surface area contributed by atoms with Crippen LogP contribution in [-0.2, 0) is 6.42 Å². The van der Waals surface area contributed by atoms with Crippen LogP contribution in [0, 0.1) is 5.92 Å². The molecule has 2 aromatic rings. The van der Waals surface area contributed by atoms with Gasteiger partial charge in [0.1, 0.15) is 8.07 Å². The van der Waals surface area contributed by atoms with E-state index in [0.717, 1.165) is 12.3 Å². The lowest BCUT2D eigenvalue weighted by molar-refractivity contribution is 0.724. The Labute approximate surface area is 117 Å². The minimum absolute atomic E-state index is 0.760. The third-order valence-electron chi connectivity index (χ3n) is 4.42. The number of fused-ring (bicyclic) bond motifs is 2. The average Bonchev–Trinajstić information content (AvgIpc) is 2.38. The van der Waals surface area contributed by atoms with Crippen molar-refractivity contribution in [3.05, 3.63) is 59.7 Å². The summed E-state index contributed by atoms with van der Waals surface area (Å²) in [5.74, 6) is 0.760. The molecule has 0 N–H and O–H groups in total. The molecule has 0 aromatic heterocycles. The molecular weight excluding hydrogens is 244 g/mol. The van der Waals surface area contributed by atoms with Crippen LogP contribution < -0.4 is 10.4 Å². The molecule has 1 heteroatoms. The number of rotatable bonds is 2. The Kier molecular flexibility index (Phi) is 3.10. The summed E-state index contributed by atoms with van der Waals surface area (Å²) in [6.07, 6.45) is 1.12. The lowest BCUT2D eigenvalue weighted by atomic mass is 10.0. The first-order chi connectivity index (χ1) is 9.11. The fourth-order valence-electron chi connectivity index (χ4n) is 3.81. The van der Waals surface area contributed by atoms with Crippen LogP contribution in [0.3, 0.4) is 0 Å². The van der Waals surface area contributed by atoms with Gasteiger partial charge in [0.05, 0.1) is 0 Å². The van der Waals surface area contributed by atoms with Crippen LogP contribution >= 0.6 is 0 Å². The molecule has 1 heterocycles. The van der Waals surface area contributed by atoms with Gasteiger partial charge in [0.2, 0.25) is 0 Å². The molecule has 0 unspecified atom stereocenters. The van der Waals surface area contributed by atoms with Crippen molar-refractivity contribution >= 4 is 18.4 Å². The van der Waals surface area contributed by atoms with Gasteiger partial charge in [-0.25, -0.2) is 0 Å². The smallest absolute Gasteiger partial charge is 0.0630 e. The Morgan fingerprint density at radius 3 is 1.84 bits per heavy atom. The molecular formula is C18H22Si. The van der Waals surface area contributed by atoms with Crippen molar-refractivity contribution in [2.24, 2.45) is 5.92 Å². The highest BCUT2D eigenvalue weighted by Crippen LogP contribution is 2.25. The van der Waals surface area contributed by atoms with Crippen molar-refractivity contribution in [1.29, 1.82) is 0 Å². The number of hydrogen-bond donors (Lipinski definition) is 0. The Balaban J connectivity index is 2.22. The van der Waals surface area contributed by atoms with Crippen LogP contribution in [0.2, 0.25) is 12.6 Å². The van der Waals surface area contributed by atoms with Gasteiger partial charge in [0.25, 0.3) is 0 Å². The topological polar surface area (TPSA) is 0 Å². The minimum Gasteiger partial charge on any atom is -0.0630 e. The minimum atomic E-state index is -1.54. The van der Waals surface area contributed by atoms with E-state index >= 15 is 0 Å². The molecule has 98 valence electrons. The molecule has 0 spiro atoms. The monoisotopic (exact) mass is 266 g/mol. The molecule has 0 fully saturated rings. The van der Waals surface area contributed by atoms with Gasteiger partial charge < -0.3 is 0 Å². The fourth-order valence-corrected chi connectivity index (χ4v) is 8.86. The van der Waals surface area contributed by atoms with E-state index in [2.05, 4.69) is 68.9 Å². The van der Waals surface area contributed by atoms with Crippen LogP contribution in [0.1, 0.15) is 25.0 Å². The third kappa shape index (κ3) is 2.06. The largest absolute Gasteiger partial charge is 0.116 e. The maximum atomic E-state index is 2.56. The first kappa shape index (κ1) is 12.7. The van der Waals surface area contributed by atoms with Crippen molar-refractivity contribution in [3.63, 3.8) is 0 Å². The van der Waals surface area contributed by atoms with Crippen molar-refractivity contribution < 1.29 is 0 Å². The van der Waals surface area contributed by atoms with E-state index in [0.29, 0.717) is 0 Å². The number of hydrogen-bond acceptors (Lipinski definition) is 0. The van der Waals surface area contributed by atoms with Gasteiger partial charge in [0, 0.05) is 0 Å². The predicted molar refractivity (Wildman–Crippen MR) is 86.2 cm³/mol. The standard InChI is InChI=1S/C18H22Si/c1-14(2)13-19(3)17-10-6-4-8-15(17)12-16-9-5-7-11-18(16)19/h4-11,14H,12-13H2,1-3H3. The van der Waals surface area contributed by atoms with E-state index in [-0.39, 0.29) is 0 Å². The molecule has 0 amide bonds. The maximum absolute atomic E-state index is 2.56. The Morgan fingerprint density at radius 1 is 0.895 bits per heavy atom. The summed E-state index contributed by atoms with van der Waals surface area (Å²) in [5.41, 5.74) is 3.13. The van der Waals surface area contributed by atoms with Gasteiger partial charge in [-0.1, -0.05) is 79.3 Å². The van der Waals surface area contributed by atoms with E-state index in [1.165, 1.54) is 6.04 Å². The van der Waals surface area contributed by atoms with E-state index in [9.17, 15) is 0 Å². The van der Waals surface area contributed by atoms with Crippen molar-refractivity contribution in [1.82, 2.24) is 0 Å². The van der Waals surface area contributed by atoms with Gasteiger partial charge in [-0.3, -0.25) is 0 Å². The highest BCUT2D eigenvalue weighted by molar-refractivity contribution is 7.02. The van der Waals surface area contributed by atoms with E-state index in [1.54, 1.807) is 21.5 Å². The maximum Gasteiger partial charge on any atom is 0.116 e. The molecule has 0 nitrogen and oxygen atoms in total. The summed E-state index contributed by atoms with van der Waals surface area (Å²) in [5, 5.41) is 3.34. The molecule has 1 aliphatic heterocycles. The Hall–Kier alpha value is -1.34. The first-order valence-corrected chi connectivity index (χ1v) is 9.99. The summed E-state index contributed by atoms with van der Waals surface area (Å²) >= 11 is 0. The molecule has 0 saturated heterocycles. The molecule has 2 aromatic carbocycles. The lowest BCUT2D eigenvalue weighted by Crippen LogP contribution is -2.61. The van der Waals surface area contributed by atoms with E-state index in [1.807, 2.05) is 0 Å². The van der Waals surface area contributed by atoms with Crippen molar-refractivity contribution in [2.75, 3.05) is 0 Å². The average molecular weight is 266 g/mol. The predicted octanol–water partition coefficient (Wildman–Crippen LogP) is 3.44. The Bertz CT molecular complexity index is 553. The molecule has 0 saturated carbocycles. The van der Waals surface area contributed by atoms with Gasteiger partial charge in [-0.15, -0.1) is 0 Å². The highest BCUT2D eigenvalue weighted by atomic mass is 28.3. The molecule has 1 aliphatic rings. The summed E-state index contributed by atoms with van der Waals surface area (Å²) in [6.45, 7) is 7.28. The summed E-state index contributed by atoms with van der Waals surface area (Å²) in [6, 6.07) is 19.6. The quantitative estimate of drug-likeness (QED) is 0.731. The summed E-state index contributed by atoms with van der Waals surface area (Å²) in [7, 11) is -1.54. The summed E-state index contributed by atoms with van der Waals surface area (Å²) in [4.78, 5) is 0. The first-order valence-electron chi connectivity index (χ1n) is 7.28. The molecule has 3 rings (SSSR count). The fraction of sp³-hybridized carbons (Fsp3) is 0.333. The van der Waals surface area contributed by atoms with Gasteiger partial charge in [-0.2, -0.15) is 0 Å². The van der Waals surface area contributed by atoms with Gasteiger partial charge in [0.15, 0.2) is 0 Å². The van der Waals surface area contributed by atoms with Crippen LogP contribution in [0.5, 0.6) is 0 Å². The molecule has 0 bridgehead atoms. The van der Waals surface area contributed by atoms with Crippen LogP contribution in [-0.4, -0.2) is 8.07 Å². The van der Waals surface area contributed by atoms with Crippen molar-refractivity contribution in [2.45, 2.75) is 32.9 Å². The SMILES string of the molecule is CC(C)C[Si]1(C)c2ccccc2Cc2ccccc21. The second-order valence-electron chi connectivity index (χ2n) is 6.42. The van der Waals surface area contributed by atoms with Gasteiger partial charge >= 0.3 is 0 Å². The van der Waals surface area contributed by atoms with Crippen LogP contribution in [0.15, 0.2) is 48.5 Å².